The van der Waals surface area contributed by atoms with Crippen molar-refractivity contribution in [3.8, 4) is 22.7 Å². The summed E-state index contributed by atoms with van der Waals surface area (Å²) >= 11 is 0. The summed E-state index contributed by atoms with van der Waals surface area (Å²) in [5.74, 6) is 0.577. The first kappa shape index (κ1) is 19.4. The molecule has 0 fully saturated rings. The number of carbonyl (C=O) groups is 1. The number of hydrogen-bond donors (Lipinski definition) is 1. The highest BCUT2D eigenvalue weighted by molar-refractivity contribution is 5.94. The van der Waals surface area contributed by atoms with Gasteiger partial charge in [0.05, 0.1) is 18.5 Å². The molecule has 0 aliphatic rings. The molecule has 0 atom stereocenters. The van der Waals surface area contributed by atoms with E-state index in [0.29, 0.717) is 17.9 Å². The van der Waals surface area contributed by atoms with Crippen LogP contribution in [0.5, 0.6) is 5.75 Å². The van der Waals surface area contributed by atoms with Gasteiger partial charge >= 0.3 is 0 Å². The first-order valence-electron chi connectivity index (χ1n) is 9.62. The minimum absolute atomic E-state index is 0.194. The Hall–Kier alpha value is -3.93. The number of amides is 1. The number of aryl methyl sites for hydroxylation is 1. The SMILES string of the molecule is COc1ccc(-c2cc(C(=O)NCc3ccncc3)n(-c3cccc(C)c3)n2)cc1. The highest BCUT2D eigenvalue weighted by Gasteiger charge is 2.18. The molecule has 1 amide bonds. The first-order valence-corrected chi connectivity index (χ1v) is 9.62. The van der Waals surface area contributed by atoms with E-state index in [1.807, 2.05) is 73.7 Å². The molecule has 6 nitrogen and oxygen atoms in total. The third-order valence-corrected chi connectivity index (χ3v) is 4.78. The van der Waals surface area contributed by atoms with Crippen molar-refractivity contribution in [2.75, 3.05) is 7.11 Å². The van der Waals surface area contributed by atoms with Crippen molar-refractivity contribution in [1.82, 2.24) is 20.1 Å². The highest BCUT2D eigenvalue weighted by atomic mass is 16.5. The number of aromatic nitrogens is 3. The maximum absolute atomic E-state index is 13.0. The number of nitrogens with one attached hydrogen (secondary N) is 1. The Balaban J connectivity index is 1.69. The number of ether oxygens (including phenoxy) is 1. The van der Waals surface area contributed by atoms with E-state index in [4.69, 9.17) is 9.84 Å². The van der Waals surface area contributed by atoms with Gasteiger partial charge in [0.1, 0.15) is 11.4 Å². The van der Waals surface area contributed by atoms with Gasteiger partial charge in [-0.15, -0.1) is 0 Å². The highest BCUT2D eigenvalue weighted by Crippen LogP contribution is 2.24. The zero-order valence-corrected chi connectivity index (χ0v) is 16.9. The first-order chi connectivity index (χ1) is 14.6. The summed E-state index contributed by atoms with van der Waals surface area (Å²) in [6, 6.07) is 21.1. The van der Waals surface area contributed by atoms with Gasteiger partial charge in [-0.3, -0.25) is 9.78 Å². The van der Waals surface area contributed by atoms with Gasteiger partial charge in [0.25, 0.3) is 5.91 Å². The molecule has 2 heterocycles. The van der Waals surface area contributed by atoms with Gasteiger partial charge in [-0.25, -0.2) is 4.68 Å². The fourth-order valence-electron chi connectivity index (χ4n) is 3.18. The van der Waals surface area contributed by atoms with Gasteiger partial charge in [0, 0.05) is 24.5 Å². The van der Waals surface area contributed by atoms with E-state index in [1.54, 1.807) is 24.2 Å². The predicted octanol–water partition coefficient (Wildman–Crippen LogP) is 4.18. The number of pyridine rings is 1. The van der Waals surface area contributed by atoms with Crippen molar-refractivity contribution in [2.45, 2.75) is 13.5 Å². The van der Waals surface area contributed by atoms with Gasteiger partial charge in [-0.05, 0) is 72.6 Å². The Bertz CT molecular complexity index is 1150. The van der Waals surface area contributed by atoms with E-state index in [1.165, 1.54) is 0 Å². The van der Waals surface area contributed by atoms with E-state index in [0.717, 1.165) is 28.1 Å². The van der Waals surface area contributed by atoms with Crippen LogP contribution >= 0.6 is 0 Å². The molecule has 2 aromatic heterocycles. The van der Waals surface area contributed by atoms with Gasteiger partial charge in [0.15, 0.2) is 0 Å². The maximum Gasteiger partial charge on any atom is 0.270 e. The topological polar surface area (TPSA) is 69.0 Å². The molecule has 2 aromatic carbocycles. The van der Waals surface area contributed by atoms with Gasteiger partial charge in [-0.2, -0.15) is 5.10 Å². The van der Waals surface area contributed by atoms with Crippen molar-refractivity contribution in [1.29, 1.82) is 0 Å². The molecule has 0 aliphatic heterocycles. The maximum atomic E-state index is 13.0. The second-order valence-electron chi connectivity index (χ2n) is 6.93. The monoisotopic (exact) mass is 398 g/mol. The van der Waals surface area contributed by atoms with Crippen molar-refractivity contribution < 1.29 is 9.53 Å². The van der Waals surface area contributed by atoms with Crippen LogP contribution in [0.4, 0.5) is 0 Å². The molecule has 30 heavy (non-hydrogen) atoms. The molecule has 0 bridgehead atoms. The van der Waals surface area contributed by atoms with Crippen molar-refractivity contribution in [3.05, 3.63) is 95.9 Å². The molecule has 0 saturated heterocycles. The number of carbonyl (C=O) groups excluding carboxylic acids is 1. The quantitative estimate of drug-likeness (QED) is 0.529. The molecule has 0 unspecified atom stereocenters. The van der Waals surface area contributed by atoms with E-state index in [-0.39, 0.29) is 5.91 Å². The molecule has 0 spiro atoms. The zero-order chi connectivity index (χ0) is 20.9. The lowest BCUT2D eigenvalue weighted by molar-refractivity contribution is 0.0943. The summed E-state index contributed by atoms with van der Waals surface area (Å²) in [6.07, 6.45) is 3.42. The lowest BCUT2D eigenvalue weighted by atomic mass is 10.1. The van der Waals surface area contributed by atoms with Crippen LogP contribution in [0, 0.1) is 6.92 Å². The Morgan fingerprint density at radius 1 is 1.03 bits per heavy atom. The van der Waals surface area contributed by atoms with Crippen LogP contribution in [0.15, 0.2) is 79.1 Å². The number of rotatable bonds is 6. The van der Waals surface area contributed by atoms with Crippen LogP contribution in [0.25, 0.3) is 16.9 Å². The van der Waals surface area contributed by atoms with E-state index >= 15 is 0 Å². The minimum Gasteiger partial charge on any atom is -0.497 e. The number of methoxy groups -OCH3 is 1. The number of hydrogen-bond acceptors (Lipinski definition) is 4. The van der Waals surface area contributed by atoms with Crippen LogP contribution in [0.1, 0.15) is 21.6 Å². The molecular formula is C24H22N4O2. The Labute approximate surface area is 175 Å². The Kier molecular flexibility index (Phi) is 5.57. The smallest absolute Gasteiger partial charge is 0.270 e. The van der Waals surface area contributed by atoms with E-state index in [2.05, 4.69) is 10.3 Å². The summed E-state index contributed by atoms with van der Waals surface area (Å²) < 4.78 is 6.92. The Morgan fingerprint density at radius 2 is 1.80 bits per heavy atom. The number of nitrogens with zero attached hydrogens (tertiary/aromatic N) is 3. The fourth-order valence-corrected chi connectivity index (χ4v) is 3.18. The van der Waals surface area contributed by atoms with E-state index in [9.17, 15) is 4.79 Å². The average molecular weight is 398 g/mol. The average Bonchev–Trinajstić information content (AvgIpc) is 3.24. The molecule has 0 saturated carbocycles. The lowest BCUT2D eigenvalue weighted by Crippen LogP contribution is -2.25. The molecule has 150 valence electrons. The zero-order valence-electron chi connectivity index (χ0n) is 16.9. The normalized spacial score (nSPS) is 10.6. The second kappa shape index (κ2) is 8.61. The Morgan fingerprint density at radius 3 is 2.50 bits per heavy atom. The predicted molar refractivity (Wildman–Crippen MR) is 116 cm³/mol. The third-order valence-electron chi connectivity index (χ3n) is 4.78. The summed E-state index contributed by atoms with van der Waals surface area (Å²) in [4.78, 5) is 17.0. The minimum atomic E-state index is -0.194. The summed E-state index contributed by atoms with van der Waals surface area (Å²) in [5, 5.41) is 7.70. The van der Waals surface area contributed by atoms with Crippen molar-refractivity contribution in [3.63, 3.8) is 0 Å². The van der Waals surface area contributed by atoms with Crippen LogP contribution in [-0.4, -0.2) is 27.8 Å². The summed E-state index contributed by atoms with van der Waals surface area (Å²) in [5.41, 5.74) is 5.01. The van der Waals surface area contributed by atoms with Gasteiger partial charge in [0.2, 0.25) is 0 Å². The fraction of sp³-hybridized carbons (Fsp3) is 0.125. The summed E-state index contributed by atoms with van der Waals surface area (Å²) in [6.45, 7) is 2.43. The van der Waals surface area contributed by atoms with Crippen LogP contribution in [0.3, 0.4) is 0 Å². The van der Waals surface area contributed by atoms with E-state index < -0.39 is 0 Å². The van der Waals surface area contributed by atoms with Crippen LogP contribution in [0.2, 0.25) is 0 Å². The van der Waals surface area contributed by atoms with Gasteiger partial charge in [-0.1, -0.05) is 12.1 Å². The molecular weight excluding hydrogens is 376 g/mol. The molecule has 0 aliphatic carbocycles. The molecule has 0 radical (unpaired) electrons. The number of benzene rings is 2. The molecule has 6 heteroatoms. The molecule has 4 rings (SSSR count). The largest absolute Gasteiger partial charge is 0.497 e. The standard InChI is InChI=1S/C24H22N4O2/c1-17-4-3-5-20(14-17)28-23(24(29)26-16-18-10-12-25-13-11-18)15-22(27-28)19-6-8-21(30-2)9-7-19/h3-15H,16H2,1-2H3,(H,26,29). The lowest BCUT2D eigenvalue weighted by Gasteiger charge is -2.09. The van der Waals surface area contributed by atoms with Crippen LogP contribution in [-0.2, 0) is 6.54 Å². The second-order valence-corrected chi connectivity index (χ2v) is 6.93. The van der Waals surface area contributed by atoms with Crippen LogP contribution < -0.4 is 10.1 Å². The van der Waals surface area contributed by atoms with Crippen molar-refractivity contribution in [2.24, 2.45) is 0 Å². The molecule has 4 aromatic rings. The van der Waals surface area contributed by atoms with Crippen molar-refractivity contribution >= 4 is 5.91 Å². The third kappa shape index (κ3) is 4.22. The summed E-state index contributed by atoms with van der Waals surface area (Å²) in [7, 11) is 1.63. The molecule has 1 N–H and O–H groups in total. The van der Waals surface area contributed by atoms with Gasteiger partial charge < -0.3 is 10.1 Å².